The van der Waals surface area contributed by atoms with E-state index in [1.807, 2.05) is 6.07 Å². The van der Waals surface area contributed by atoms with Gasteiger partial charge in [-0.15, -0.1) is 0 Å². The molecule has 35 heavy (non-hydrogen) atoms. The summed E-state index contributed by atoms with van der Waals surface area (Å²) in [6.07, 6.45) is -4.77. The molecular weight excluding hydrogens is 496 g/mol. The Kier molecular flexibility index (Phi) is 7.86. The number of anilines is 2. The first-order valence-corrected chi connectivity index (χ1v) is 12.3. The molecular formula is C22H24N4O7S2. The van der Waals surface area contributed by atoms with Crippen LogP contribution in [-0.4, -0.2) is 85.8 Å². The summed E-state index contributed by atoms with van der Waals surface area (Å²) in [5, 5.41) is 45.6. The third-order valence-corrected chi connectivity index (χ3v) is 7.46. The Labute approximate surface area is 208 Å². The molecule has 0 saturated carbocycles. The minimum absolute atomic E-state index is 0.0256. The number of amides is 1. The van der Waals surface area contributed by atoms with Crippen molar-refractivity contribution in [3.8, 4) is 0 Å². The van der Waals surface area contributed by atoms with E-state index in [2.05, 4.69) is 20.6 Å². The maximum Gasteiger partial charge on any atom is 0.257 e. The smallest absolute Gasteiger partial charge is 0.257 e. The van der Waals surface area contributed by atoms with Crippen LogP contribution in [0.1, 0.15) is 30.6 Å². The zero-order valence-corrected chi connectivity index (χ0v) is 20.1. The number of hydrogen-bond acceptors (Lipinski definition) is 12. The number of carbonyl (C=O) groups excluding carboxylic acids is 2. The Morgan fingerprint density at radius 2 is 1.74 bits per heavy atom. The lowest BCUT2D eigenvalue weighted by molar-refractivity contribution is -0.225. The van der Waals surface area contributed by atoms with Gasteiger partial charge in [0.15, 0.2) is 10.3 Å². The molecule has 13 heteroatoms. The van der Waals surface area contributed by atoms with Gasteiger partial charge in [-0.2, -0.15) is 0 Å². The van der Waals surface area contributed by atoms with E-state index in [9.17, 15) is 30.0 Å². The molecule has 2 aromatic heterocycles. The van der Waals surface area contributed by atoms with E-state index in [1.54, 1.807) is 31.2 Å². The SMILES string of the molecule is Cc1nc(NC(=O)c2ccccc2)sc1C(=O)c1cnc(NC[C@H]2O[C@H](CO)[C@@H](O)[C@H](O)[C@@H]2O)s1. The average molecular weight is 521 g/mol. The van der Waals surface area contributed by atoms with Gasteiger partial charge in [0.1, 0.15) is 35.4 Å². The highest BCUT2D eigenvalue weighted by atomic mass is 32.1. The van der Waals surface area contributed by atoms with E-state index in [0.717, 1.165) is 22.7 Å². The Balaban J connectivity index is 1.39. The van der Waals surface area contributed by atoms with Gasteiger partial charge in [0, 0.05) is 12.1 Å². The molecule has 5 atom stereocenters. The van der Waals surface area contributed by atoms with Gasteiger partial charge in [0.2, 0.25) is 5.78 Å². The van der Waals surface area contributed by atoms with E-state index in [0.29, 0.717) is 31.3 Å². The summed E-state index contributed by atoms with van der Waals surface area (Å²) in [7, 11) is 0. The Bertz CT molecular complexity index is 1180. The quantitative estimate of drug-likeness (QED) is 0.231. The second kappa shape index (κ2) is 10.9. The predicted octanol–water partition coefficient (Wildman–Crippen LogP) is 0.646. The van der Waals surface area contributed by atoms with Crippen molar-refractivity contribution in [2.75, 3.05) is 23.8 Å². The van der Waals surface area contributed by atoms with Crippen LogP contribution in [0.4, 0.5) is 10.3 Å². The zero-order valence-electron chi connectivity index (χ0n) is 18.5. The van der Waals surface area contributed by atoms with Crippen LogP contribution in [-0.2, 0) is 4.74 Å². The van der Waals surface area contributed by atoms with Gasteiger partial charge >= 0.3 is 0 Å². The number of aliphatic hydroxyl groups is 4. The van der Waals surface area contributed by atoms with Crippen LogP contribution >= 0.6 is 22.7 Å². The molecule has 6 N–H and O–H groups in total. The van der Waals surface area contributed by atoms with E-state index in [1.165, 1.54) is 6.20 Å². The fourth-order valence-corrected chi connectivity index (χ4v) is 5.28. The van der Waals surface area contributed by atoms with Gasteiger partial charge in [-0.3, -0.25) is 14.9 Å². The lowest BCUT2D eigenvalue weighted by Gasteiger charge is -2.40. The Morgan fingerprint density at radius 3 is 2.46 bits per heavy atom. The van der Waals surface area contributed by atoms with Crippen LogP contribution in [0, 0.1) is 6.92 Å². The molecule has 1 aromatic carbocycles. The summed E-state index contributed by atoms with van der Waals surface area (Å²) in [5.74, 6) is -0.616. The zero-order chi connectivity index (χ0) is 25.1. The fourth-order valence-electron chi connectivity index (χ4n) is 3.53. The number of thiazole rings is 2. The summed E-state index contributed by atoms with van der Waals surface area (Å²) < 4.78 is 5.45. The second-order valence-electron chi connectivity index (χ2n) is 7.86. The number of hydrogen-bond donors (Lipinski definition) is 6. The van der Waals surface area contributed by atoms with Crippen molar-refractivity contribution in [1.29, 1.82) is 0 Å². The summed E-state index contributed by atoms with van der Waals surface area (Å²) in [6.45, 7) is 1.19. The van der Waals surface area contributed by atoms with Crippen molar-refractivity contribution in [2.24, 2.45) is 0 Å². The van der Waals surface area contributed by atoms with Gasteiger partial charge in [-0.1, -0.05) is 40.9 Å². The molecule has 1 saturated heterocycles. The number of nitrogens with zero attached hydrogens (tertiary/aromatic N) is 2. The molecule has 186 valence electrons. The van der Waals surface area contributed by atoms with Gasteiger partial charge < -0.3 is 30.5 Å². The van der Waals surface area contributed by atoms with E-state index in [4.69, 9.17) is 4.74 Å². The van der Waals surface area contributed by atoms with Gasteiger partial charge in [-0.25, -0.2) is 9.97 Å². The molecule has 1 amide bonds. The standard InChI is InChI=1S/C22H24N4O7S2/c1-10-19(35-22(25-10)26-20(32)11-5-3-2-4-6-11)17(30)14-8-24-21(34-14)23-7-12-15(28)18(31)16(29)13(9-27)33-12/h2-6,8,12-13,15-16,18,27-29,31H,7,9H2,1H3,(H,23,24)(H,25,26,32)/t12-,13-,15-,16-,18-/m1/s1. The summed E-state index contributed by atoms with van der Waals surface area (Å²) in [5.41, 5.74) is 0.957. The Morgan fingerprint density at radius 1 is 1.03 bits per heavy atom. The van der Waals surface area contributed by atoms with Crippen molar-refractivity contribution in [3.05, 3.63) is 57.5 Å². The lowest BCUT2D eigenvalue weighted by Crippen LogP contribution is -2.60. The highest BCUT2D eigenvalue weighted by molar-refractivity contribution is 7.21. The number of nitrogens with one attached hydrogen (secondary N) is 2. The van der Waals surface area contributed by atoms with Crippen LogP contribution in [0.5, 0.6) is 0 Å². The molecule has 0 radical (unpaired) electrons. The molecule has 1 fully saturated rings. The topological polar surface area (TPSA) is 174 Å². The fraction of sp³-hybridized carbons (Fsp3) is 0.364. The first-order chi connectivity index (χ1) is 16.8. The van der Waals surface area contributed by atoms with Crippen molar-refractivity contribution in [1.82, 2.24) is 9.97 Å². The predicted molar refractivity (Wildman–Crippen MR) is 129 cm³/mol. The Hall–Kier alpha value is -2.78. The van der Waals surface area contributed by atoms with Gasteiger partial charge in [-0.05, 0) is 19.1 Å². The third-order valence-electron chi connectivity index (χ3n) is 5.43. The first-order valence-electron chi connectivity index (χ1n) is 10.7. The monoisotopic (exact) mass is 520 g/mol. The molecule has 0 bridgehead atoms. The molecule has 0 unspecified atom stereocenters. The second-order valence-corrected chi connectivity index (χ2v) is 9.89. The maximum absolute atomic E-state index is 13.0. The molecule has 11 nitrogen and oxygen atoms in total. The van der Waals surface area contributed by atoms with Crippen molar-refractivity contribution >= 4 is 44.6 Å². The average Bonchev–Trinajstić information content (AvgIpc) is 3.48. The lowest BCUT2D eigenvalue weighted by atomic mass is 9.95. The summed E-state index contributed by atoms with van der Waals surface area (Å²) in [4.78, 5) is 34.6. The van der Waals surface area contributed by atoms with Crippen molar-refractivity contribution in [2.45, 2.75) is 37.4 Å². The molecule has 0 aliphatic carbocycles. The summed E-state index contributed by atoms with van der Waals surface area (Å²) >= 11 is 2.16. The molecule has 3 aromatic rings. The third kappa shape index (κ3) is 5.56. The summed E-state index contributed by atoms with van der Waals surface area (Å²) in [6, 6.07) is 8.67. The van der Waals surface area contributed by atoms with Crippen LogP contribution in [0.15, 0.2) is 36.5 Å². The van der Waals surface area contributed by atoms with Crippen LogP contribution < -0.4 is 10.6 Å². The first kappa shape index (κ1) is 25.3. The molecule has 4 rings (SSSR count). The maximum atomic E-state index is 13.0. The van der Waals surface area contributed by atoms with E-state index < -0.39 is 37.1 Å². The van der Waals surface area contributed by atoms with Gasteiger partial charge in [0.05, 0.1) is 23.4 Å². The van der Waals surface area contributed by atoms with E-state index in [-0.39, 0.29) is 18.2 Å². The number of ether oxygens (including phenoxy) is 1. The number of carbonyl (C=O) groups is 2. The van der Waals surface area contributed by atoms with Crippen molar-refractivity contribution < 1.29 is 34.8 Å². The molecule has 0 spiro atoms. The largest absolute Gasteiger partial charge is 0.394 e. The minimum atomic E-state index is -1.47. The molecule has 1 aliphatic rings. The van der Waals surface area contributed by atoms with Gasteiger partial charge in [0.25, 0.3) is 5.91 Å². The number of aliphatic hydroxyl groups excluding tert-OH is 4. The van der Waals surface area contributed by atoms with Crippen molar-refractivity contribution in [3.63, 3.8) is 0 Å². The highest BCUT2D eigenvalue weighted by Crippen LogP contribution is 2.29. The van der Waals surface area contributed by atoms with Crippen LogP contribution in [0.3, 0.4) is 0 Å². The van der Waals surface area contributed by atoms with Crippen LogP contribution in [0.25, 0.3) is 0 Å². The number of rotatable bonds is 8. The number of aromatic nitrogens is 2. The number of aryl methyl sites for hydroxylation is 1. The number of benzene rings is 1. The normalized spacial score (nSPS) is 24.2. The van der Waals surface area contributed by atoms with Crippen LogP contribution in [0.2, 0.25) is 0 Å². The molecule has 3 heterocycles. The number of ketones is 1. The van der Waals surface area contributed by atoms with E-state index >= 15 is 0 Å². The molecule has 1 aliphatic heterocycles. The minimum Gasteiger partial charge on any atom is -0.394 e. The highest BCUT2D eigenvalue weighted by Gasteiger charge is 2.43.